The van der Waals surface area contributed by atoms with Gasteiger partial charge in [0.2, 0.25) is 0 Å². The summed E-state index contributed by atoms with van der Waals surface area (Å²) >= 11 is 0. The highest BCUT2D eigenvalue weighted by Crippen LogP contribution is 2.22. The number of benzene rings is 1. The molecule has 0 amide bonds. The van der Waals surface area contributed by atoms with Crippen LogP contribution in [0.2, 0.25) is 0 Å². The molecule has 19 heavy (non-hydrogen) atoms. The maximum atomic E-state index is 12.0. The number of halogens is 2. The highest BCUT2D eigenvalue weighted by atomic mass is 19.3. The number of ether oxygens (including phenoxy) is 1. The lowest BCUT2D eigenvalue weighted by atomic mass is 9.90. The van der Waals surface area contributed by atoms with Crippen LogP contribution >= 0.6 is 0 Å². The standard InChI is InChI=1S/C15H23F2NO/c1-5-15(3,4)10-18-11(2)12-6-8-13(9-7-12)19-14(16)17/h6-9,11,14,18H,5,10H2,1-4H3. The summed E-state index contributed by atoms with van der Waals surface area (Å²) in [7, 11) is 0. The van der Waals surface area contributed by atoms with Gasteiger partial charge < -0.3 is 10.1 Å². The van der Waals surface area contributed by atoms with Crippen molar-refractivity contribution in [2.45, 2.75) is 46.8 Å². The molecule has 2 nitrogen and oxygen atoms in total. The predicted octanol–water partition coefficient (Wildman–Crippen LogP) is 4.37. The van der Waals surface area contributed by atoms with Gasteiger partial charge in [-0.1, -0.05) is 32.9 Å². The molecule has 0 saturated carbocycles. The molecule has 0 spiro atoms. The quantitative estimate of drug-likeness (QED) is 0.795. The van der Waals surface area contributed by atoms with E-state index in [-0.39, 0.29) is 17.2 Å². The Morgan fingerprint density at radius 3 is 2.26 bits per heavy atom. The fraction of sp³-hybridized carbons (Fsp3) is 0.600. The van der Waals surface area contributed by atoms with Crippen molar-refractivity contribution >= 4 is 0 Å². The zero-order valence-electron chi connectivity index (χ0n) is 12.0. The summed E-state index contributed by atoms with van der Waals surface area (Å²) in [6.45, 7) is 6.81. The molecular weight excluding hydrogens is 248 g/mol. The highest BCUT2D eigenvalue weighted by Gasteiger charge is 2.16. The minimum Gasteiger partial charge on any atom is -0.435 e. The minimum atomic E-state index is -2.77. The summed E-state index contributed by atoms with van der Waals surface area (Å²) in [6.07, 6.45) is 1.11. The van der Waals surface area contributed by atoms with E-state index in [0.717, 1.165) is 18.5 Å². The third kappa shape index (κ3) is 5.55. The molecule has 0 aliphatic carbocycles. The Labute approximate surface area is 114 Å². The monoisotopic (exact) mass is 271 g/mol. The van der Waals surface area contributed by atoms with Gasteiger partial charge >= 0.3 is 6.61 Å². The van der Waals surface area contributed by atoms with E-state index in [2.05, 4.69) is 37.7 Å². The summed E-state index contributed by atoms with van der Waals surface area (Å²) < 4.78 is 28.4. The second kappa shape index (κ2) is 6.85. The van der Waals surface area contributed by atoms with Gasteiger partial charge in [-0.25, -0.2) is 0 Å². The Balaban J connectivity index is 2.55. The van der Waals surface area contributed by atoms with Crippen molar-refractivity contribution < 1.29 is 13.5 Å². The van der Waals surface area contributed by atoms with Gasteiger partial charge in [-0.3, -0.25) is 0 Å². The molecule has 1 unspecified atom stereocenters. The topological polar surface area (TPSA) is 21.3 Å². The van der Waals surface area contributed by atoms with Crippen molar-refractivity contribution in [3.8, 4) is 5.75 Å². The van der Waals surface area contributed by atoms with Gasteiger partial charge in [-0.2, -0.15) is 8.78 Å². The zero-order chi connectivity index (χ0) is 14.5. The third-order valence-electron chi connectivity index (χ3n) is 3.45. The largest absolute Gasteiger partial charge is 0.435 e. The van der Waals surface area contributed by atoms with Crippen molar-refractivity contribution in [2.24, 2.45) is 5.41 Å². The molecule has 4 heteroatoms. The normalized spacial score (nSPS) is 13.6. The van der Waals surface area contributed by atoms with E-state index in [9.17, 15) is 8.78 Å². The van der Waals surface area contributed by atoms with E-state index in [1.807, 2.05) is 12.1 Å². The Hall–Kier alpha value is -1.16. The van der Waals surface area contributed by atoms with Crippen molar-refractivity contribution in [2.75, 3.05) is 6.54 Å². The number of rotatable bonds is 7. The van der Waals surface area contributed by atoms with Gasteiger partial charge in [0.15, 0.2) is 0 Å². The SMILES string of the molecule is CCC(C)(C)CNC(C)c1ccc(OC(F)F)cc1. The predicted molar refractivity (Wildman–Crippen MR) is 73.6 cm³/mol. The second-order valence-corrected chi connectivity index (χ2v) is 5.57. The van der Waals surface area contributed by atoms with Gasteiger partial charge in [0.1, 0.15) is 5.75 Å². The number of hydrogen-bond acceptors (Lipinski definition) is 2. The van der Waals surface area contributed by atoms with Crippen molar-refractivity contribution in [3.63, 3.8) is 0 Å². The fourth-order valence-corrected chi connectivity index (χ4v) is 1.61. The molecule has 0 aliphatic rings. The molecule has 1 N–H and O–H groups in total. The molecule has 0 saturated heterocycles. The van der Waals surface area contributed by atoms with Crippen LogP contribution in [0.3, 0.4) is 0 Å². The van der Waals surface area contributed by atoms with E-state index >= 15 is 0 Å². The van der Waals surface area contributed by atoms with Crippen molar-refractivity contribution in [1.82, 2.24) is 5.32 Å². The van der Waals surface area contributed by atoms with Crippen LogP contribution in [0.4, 0.5) is 8.78 Å². The van der Waals surface area contributed by atoms with Gasteiger partial charge in [0, 0.05) is 12.6 Å². The van der Waals surface area contributed by atoms with E-state index in [1.54, 1.807) is 12.1 Å². The first-order valence-electron chi connectivity index (χ1n) is 6.62. The fourth-order valence-electron chi connectivity index (χ4n) is 1.61. The summed E-state index contributed by atoms with van der Waals surface area (Å²) in [5, 5.41) is 3.46. The molecular formula is C15H23F2NO. The summed E-state index contributed by atoms with van der Waals surface area (Å²) in [6, 6.07) is 6.96. The Morgan fingerprint density at radius 2 is 1.79 bits per heavy atom. The molecule has 1 rings (SSSR count). The van der Waals surface area contributed by atoms with E-state index in [4.69, 9.17) is 0 Å². The first-order valence-corrected chi connectivity index (χ1v) is 6.62. The molecule has 0 heterocycles. The average Bonchev–Trinajstić information content (AvgIpc) is 2.36. The van der Waals surface area contributed by atoms with Crippen LogP contribution in [0, 0.1) is 5.41 Å². The van der Waals surface area contributed by atoms with Gasteiger partial charge in [0.05, 0.1) is 0 Å². The average molecular weight is 271 g/mol. The number of alkyl halides is 2. The summed E-state index contributed by atoms with van der Waals surface area (Å²) in [5.41, 5.74) is 1.32. The van der Waals surface area contributed by atoms with Crippen LogP contribution in [0.25, 0.3) is 0 Å². The van der Waals surface area contributed by atoms with Crippen LogP contribution in [-0.2, 0) is 0 Å². The number of nitrogens with one attached hydrogen (secondary N) is 1. The van der Waals surface area contributed by atoms with Crippen LogP contribution in [0.5, 0.6) is 5.75 Å². The maximum absolute atomic E-state index is 12.0. The Kier molecular flexibility index (Phi) is 5.73. The molecule has 1 aromatic carbocycles. The minimum absolute atomic E-state index is 0.187. The molecule has 0 aromatic heterocycles. The van der Waals surface area contributed by atoms with Gasteiger partial charge in [-0.15, -0.1) is 0 Å². The van der Waals surface area contributed by atoms with Crippen LogP contribution in [0.15, 0.2) is 24.3 Å². The summed E-state index contributed by atoms with van der Waals surface area (Å²) in [5.74, 6) is 0.194. The molecule has 0 fully saturated rings. The zero-order valence-corrected chi connectivity index (χ0v) is 12.0. The summed E-state index contributed by atoms with van der Waals surface area (Å²) in [4.78, 5) is 0. The van der Waals surface area contributed by atoms with Gasteiger partial charge in [0.25, 0.3) is 0 Å². The third-order valence-corrected chi connectivity index (χ3v) is 3.45. The Morgan fingerprint density at radius 1 is 1.21 bits per heavy atom. The van der Waals surface area contributed by atoms with Crippen LogP contribution < -0.4 is 10.1 Å². The lowest BCUT2D eigenvalue weighted by Crippen LogP contribution is -2.30. The Bertz CT molecular complexity index is 376. The molecule has 0 bridgehead atoms. The lowest BCUT2D eigenvalue weighted by molar-refractivity contribution is -0.0498. The molecule has 1 atom stereocenters. The smallest absolute Gasteiger partial charge is 0.387 e. The maximum Gasteiger partial charge on any atom is 0.387 e. The highest BCUT2D eigenvalue weighted by molar-refractivity contribution is 5.28. The second-order valence-electron chi connectivity index (χ2n) is 5.57. The van der Waals surface area contributed by atoms with Crippen LogP contribution in [-0.4, -0.2) is 13.2 Å². The first-order chi connectivity index (χ1) is 8.84. The molecule has 108 valence electrons. The van der Waals surface area contributed by atoms with Gasteiger partial charge in [-0.05, 0) is 36.5 Å². The van der Waals surface area contributed by atoms with Crippen molar-refractivity contribution in [3.05, 3.63) is 29.8 Å². The van der Waals surface area contributed by atoms with Crippen molar-refractivity contribution in [1.29, 1.82) is 0 Å². The van der Waals surface area contributed by atoms with E-state index < -0.39 is 6.61 Å². The molecule has 0 radical (unpaired) electrons. The molecule has 1 aromatic rings. The first kappa shape index (κ1) is 15.9. The van der Waals surface area contributed by atoms with Crippen LogP contribution in [0.1, 0.15) is 45.7 Å². The molecule has 0 aliphatic heterocycles. The number of hydrogen-bond donors (Lipinski definition) is 1. The van der Waals surface area contributed by atoms with E-state index in [0.29, 0.717) is 0 Å². The lowest BCUT2D eigenvalue weighted by Gasteiger charge is -2.26. The van der Waals surface area contributed by atoms with E-state index in [1.165, 1.54) is 0 Å².